The fraction of sp³-hybridized carbons (Fsp3) is 0.588. The van der Waals surface area contributed by atoms with Crippen LogP contribution in [0, 0.1) is 6.92 Å². The van der Waals surface area contributed by atoms with E-state index in [0.29, 0.717) is 18.2 Å². The van der Waals surface area contributed by atoms with E-state index in [9.17, 15) is 5.11 Å². The van der Waals surface area contributed by atoms with Crippen molar-refractivity contribution < 1.29 is 14.0 Å². The summed E-state index contributed by atoms with van der Waals surface area (Å²) in [6.45, 7) is 3.74. The first kappa shape index (κ1) is 15.3. The lowest BCUT2D eigenvalue weighted by Gasteiger charge is -2.30. The fourth-order valence-corrected chi connectivity index (χ4v) is 3.26. The number of hydrogen-bond donors (Lipinski definition) is 1. The molecule has 1 aliphatic heterocycles. The van der Waals surface area contributed by atoms with Crippen molar-refractivity contribution in [2.24, 2.45) is 0 Å². The van der Waals surface area contributed by atoms with E-state index in [0.717, 1.165) is 31.0 Å². The maximum Gasteiger partial charge on any atom is 0.150 e. The van der Waals surface area contributed by atoms with E-state index in [2.05, 4.69) is 10.1 Å². The lowest BCUT2D eigenvalue weighted by atomic mass is 10.0. The molecule has 3 heterocycles. The molecule has 120 valence electrons. The van der Waals surface area contributed by atoms with E-state index in [4.69, 9.17) is 8.94 Å². The summed E-state index contributed by atoms with van der Waals surface area (Å²) in [6.07, 6.45) is 6.52. The number of rotatable bonds is 5. The van der Waals surface area contributed by atoms with E-state index in [-0.39, 0.29) is 0 Å². The summed E-state index contributed by atoms with van der Waals surface area (Å²) in [5.74, 6) is 1.55. The van der Waals surface area contributed by atoms with Gasteiger partial charge in [0.15, 0.2) is 5.76 Å². The van der Waals surface area contributed by atoms with E-state index >= 15 is 0 Å². The minimum absolute atomic E-state index is 0.341. The van der Waals surface area contributed by atoms with Crippen LogP contribution in [-0.2, 0) is 6.54 Å². The van der Waals surface area contributed by atoms with Gasteiger partial charge in [0, 0.05) is 12.1 Å². The van der Waals surface area contributed by atoms with Gasteiger partial charge in [-0.1, -0.05) is 18.0 Å². The smallest absolute Gasteiger partial charge is 0.150 e. The number of aromatic nitrogens is 1. The van der Waals surface area contributed by atoms with Crippen LogP contribution in [0.25, 0.3) is 0 Å². The maximum atomic E-state index is 10.4. The Hall–Kier alpha value is -1.59. The molecule has 5 nitrogen and oxygen atoms in total. The van der Waals surface area contributed by atoms with Gasteiger partial charge in [-0.15, -0.1) is 0 Å². The van der Waals surface area contributed by atoms with Crippen LogP contribution in [-0.4, -0.2) is 27.7 Å². The van der Waals surface area contributed by atoms with E-state index in [1.807, 2.05) is 25.1 Å². The third kappa shape index (κ3) is 3.78. The Bertz CT molecular complexity index is 564. The Kier molecular flexibility index (Phi) is 4.95. The zero-order valence-electron chi connectivity index (χ0n) is 13.1. The summed E-state index contributed by atoms with van der Waals surface area (Å²) in [6, 6.07) is 5.99. The van der Waals surface area contributed by atoms with Crippen LogP contribution in [0.4, 0.5) is 0 Å². The van der Waals surface area contributed by atoms with Crippen molar-refractivity contribution in [3.05, 3.63) is 41.7 Å². The van der Waals surface area contributed by atoms with E-state index in [1.165, 1.54) is 19.3 Å². The molecule has 3 rings (SSSR count). The molecule has 22 heavy (non-hydrogen) atoms. The quantitative estimate of drug-likeness (QED) is 0.916. The highest BCUT2D eigenvalue weighted by atomic mass is 16.5. The van der Waals surface area contributed by atoms with Crippen molar-refractivity contribution in [1.29, 1.82) is 0 Å². The Morgan fingerprint density at radius 2 is 2.32 bits per heavy atom. The first-order valence-corrected chi connectivity index (χ1v) is 8.10. The summed E-state index contributed by atoms with van der Waals surface area (Å²) in [7, 11) is 0. The molecule has 0 unspecified atom stereocenters. The average Bonchev–Trinajstić information content (AvgIpc) is 3.12. The van der Waals surface area contributed by atoms with Gasteiger partial charge in [-0.2, -0.15) is 0 Å². The zero-order valence-corrected chi connectivity index (χ0v) is 13.1. The number of likely N-dealkylation sites (tertiary alicyclic amines) is 1. The molecule has 1 aliphatic rings. The maximum absolute atomic E-state index is 10.4. The third-order valence-corrected chi connectivity index (χ3v) is 4.40. The van der Waals surface area contributed by atoms with Gasteiger partial charge in [-0.3, -0.25) is 4.90 Å². The number of aliphatic hydroxyl groups excluding tert-OH is 1. The lowest BCUT2D eigenvalue weighted by Crippen LogP contribution is -2.35. The van der Waals surface area contributed by atoms with Gasteiger partial charge < -0.3 is 14.0 Å². The van der Waals surface area contributed by atoms with Crippen LogP contribution < -0.4 is 0 Å². The Labute approximate surface area is 130 Å². The standard InChI is InChI=1S/C17H24N2O3/c1-13-10-15(22-18-13)12-19-8-4-2-3-6-14(19)11-16(20)17-7-5-9-21-17/h5,7,9-10,14,16,20H,2-4,6,8,11-12H2,1H3/t14-,16-/m1/s1. The number of aliphatic hydroxyl groups is 1. The first-order chi connectivity index (χ1) is 10.7. The fourth-order valence-electron chi connectivity index (χ4n) is 3.26. The molecule has 0 spiro atoms. The molecule has 0 radical (unpaired) electrons. The number of hydrogen-bond acceptors (Lipinski definition) is 5. The topological polar surface area (TPSA) is 62.6 Å². The lowest BCUT2D eigenvalue weighted by molar-refractivity contribution is 0.0788. The molecule has 1 saturated heterocycles. The van der Waals surface area contributed by atoms with Gasteiger partial charge in [0.1, 0.15) is 11.9 Å². The monoisotopic (exact) mass is 304 g/mol. The Morgan fingerprint density at radius 3 is 3.05 bits per heavy atom. The van der Waals surface area contributed by atoms with Crippen LogP contribution >= 0.6 is 0 Å². The largest absolute Gasteiger partial charge is 0.467 e. The highest BCUT2D eigenvalue weighted by molar-refractivity contribution is 5.05. The van der Waals surface area contributed by atoms with Crippen molar-refractivity contribution in [1.82, 2.24) is 10.1 Å². The van der Waals surface area contributed by atoms with Crippen LogP contribution in [0.2, 0.25) is 0 Å². The molecule has 2 atom stereocenters. The zero-order chi connectivity index (χ0) is 15.4. The Balaban J connectivity index is 1.67. The number of nitrogens with zero attached hydrogens (tertiary/aromatic N) is 2. The minimum Gasteiger partial charge on any atom is -0.467 e. The van der Waals surface area contributed by atoms with Gasteiger partial charge in [0.25, 0.3) is 0 Å². The van der Waals surface area contributed by atoms with E-state index in [1.54, 1.807) is 6.26 Å². The van der Waals surface area contributed by atoms with Crippen molar-refractivity contribution in [3.8, 4) is 0 Å². The van der Waals surface area contributed by atoms with Crippen molar-refractivity contribution >= 4 is 0 Å². The summed E-state index contributed by atoms with van der Waals surface area (Å²) < 4.78 is 10.7. The van der Waals surface area contributed by atoms with E-state index < -0.39 is 6.10 Å². The molecule has 2 aromatic rings. The molecule has 2 aromatic heterocycles. The van der Waals surface area contributed by atoms with Gasteiger partial charge in [-0.25, -0.2) is 0 Å². The van der Waals surface area contributed by atoms with Crippen molar-refractivity contribution in [3.63, 3.8) is 0 Å². The molecular weight excluding hydrogens is 280 g/mol. The van der Waals surface area contributed by atoms with Crippen LogP contribution in [0.3, 0.4) is 0 Å². The molecule has 5 heteroatoms. The van der Waals surface area contributed by atoms with Crippen LogP contribution in [0.5, 0.6) is 0 Å². The predicted octanol–water partition coefficient (Wildman–Crippen LogP) is 3.44. The molecule has 0 bridgehead atoms. The highest BCUT2D eigenvalue weighted by Crippen LogP contribution is 2.27. The summed E-state index contributed by atoms with van der Waals surface area (Å²) in [4.78, 5) is 2.42. The highest BCUT2D eigenvalue weighted by Gasteiger charge is 2.26. The molecule has 1 N–H and O–H groups in total. The van der Waals surface area contributed by atoms with Gasteiger partial charge in [0.05, 0.1) is 18.5 Å². The number of furan rings is 1. The average molecular weight is 304 g/mol. The molecule has 0 aliphatic carbocycles. The second-order valence-corrected chi connectivity index (χ2v) is 6.18. The van der Waals surface area contributed by atoms with Gasteiger partial charge >= 0.3 is 0 Å². The van der Waals surface area contributed by atoms with Crippen LogP contribution in [0.1, 0.15) is 55.4 Å². The van der Waals surface area contributed by atoms with Gasteiger partial charge in [-0.05, 0) is 44.9 Å². The van der Waals surface area contributed by atoms with Crippen LogP contribution in [0.15, 0.2) is 33.4 Å². The second-order valence-electron chi connectivity index (χ2n) is 6.18. The third-order valence-electron chi connectivity index (χ3n) is 4.40. The van der Waals surface area contributed by atoms with Crippen molar-refractivity contribution in [2.45, 2.75) is 57.7 Å². The number of aryl methyl sites for hydroxylation is 1. The normalized spacial score (nSPS) is 21.6. The minimum atomic E-state index is -0.544. The Morgan fingerprint density at radius 1 is 1.41 bits per heavy atom. The summed E-state index contributed by atoms with van der Waals surface area (Å²) in [5.41, 5.74) is 0.914. The predicted molar refractivity (Wildman–Crippen MR) is 82.2 cm³/mol. The second kappa shape index (κ2) is 7.11. The van der Waals surface area contributed by atoms with Crippen molar-refractivity contribution in [2.75, 3.05) is 6.54 Å². The molecule has 0 saturated carbocycles. The van der Waals surface area contributed by atoms with Gasteiger partial charge in [0.2, 0.25) is 0 Å². The SMILES string of the molecule is Cc1cc(CN2CCCCC[C@@H]2C[C@@H](O)c2ccco2)on1. The molecule has 1 fully saturated rings. The summed E-state index contributed by atoms with van der Waals surface area (Å²) >= 11 is 0. The molecule has 0 aromatic carbocycles. The molecule has 0 amide bonds. The first-order valence-electron chi connectivity index (χ1n) is 8.10. The molecular formula is C17H24N2O3. The summed E-state index contributed by atoms with van der Waals surface area (Å²) in [5, 5.41) is 14.4.